The Morgan fingerprint density at radius 2 is 0.347 bits per heavy atom. The lowest BCUT2D eigenvalue weighted by atomic mass is 9.79. The van der Waals surface area contributed by atoms with Gasteiger partial charge in [0.1, 0.15) is 0 Å². The first-order valence-corrected chi connectivity index (χ1v) is 53.5. The van der Waals surface area contributed by atoms with Crippen molar-refractivity contribution in [2.24, 2.45) is 0 Å². The Hall–Kier alpha value is -17.2. The minimum absolute atomic E-state index is 0.0666. The number of rotatable bonds is 9. The van der Waals surface area contributed by atoms with Gasteiger partial charge < -0.3 is 0 Å². The van der Waals surface area contributed by atoms with Gasteiger partial charge in [-0.25, -0.2) is 0 Å². The second-order valence-corrected chi connectivity index (χ2v) is 45.8. The van der Waals surface area contributed by atoms with Crippen LogP contribution in [0.2, 0.25) is 0 Å². The van der Waals surface area contributed by atoms with E-state index >= 15 is 0 Å². The van der Waals surface area contributed by atoms with Crippen molar-refractivity contribution in [1.82, 2.24) is 0 Å². The molecule has 4 aliphatic rings. The zero-order valence-electron chi connectivity index (χ0n) is 87.5. The second kappa shape index (κ2) is 34.8. The predicted molar refractivity (Wildman–Crippen MR) is 644 cm³/mol. The van der Waals surface area contributed by atoms with Gasteiger partial charge in [-0.05, 0) is 372 Å². The topological polar surface area (TPSA) is 0 Å². The van der Waals surface area contributed by atoms with Gasteiger partial charge in [-0.15, -0.1) is 0 Å². The molecule has 0 amide bonds. The third-order valence-electron chi connectivity index (χ3n) is 34.4. The van der Waals surface area contributed by atoms with E-state index in [0.717, 1.165) is 0 Å². The average molecular weight is 1920 g/mol. The molecule has 0 fully saturated rings. The van der Waals surface area contributed by atoms with E-state index in [2.05, 4.69) is 557 Å². The van der Waals surface area contributed by atoms with Crippen molar-refractivity contribution in [3.05, 3.63) is 528 Å². The van der Waals surface area contributed by atoms with E-state index in [1.54, 1.807) is 0 Å². The Kier molecular flexibility index (Phi) is 21.2. The van der Waals surface area contributed by atoms with Crippen molar-refractivity contribution >= 4 is 97.0 Å². The Balaban J connectivity index is 0.000000111. The molecule has 0 atom stereocenters. The van der Waals surface area contributed by atoms with Crippen LogP contribution in [0.5, 0.6) is 0 Å². The van der Waals surface area contributed by atoms with Gasteiger partial charge in [0, 0.05) is 21.7 Å². The fourth-order valence-electron chi connectivity index (χ4n) is 26.7. The zero-order valence-corrected chi connectivity index (χ0v) is 87.5. The van der Waals surface area contributed by atoms with E-state index in [0.29, 0.717) is 0 Å². The van der Waals surface area contributed by atoms with Gasteiger partial charge in [0.05, 0.1) is 0 Å². The lowest BCUT2D eigenvalue weighted by Crippen LogP contribution is -2.15. The fourth-order valence-corrected chi connectivity index (χ4v) is 26.7. The Morgan fingerprint density at radius 1 is 0.140 bits per heavy atom. The van der Waals surface area contributed by atoms with Crippen LogP contribution in [0.25, 0.3) is 242 Å². The van der Waals surface area contributed by atoms with E-state index in [-0.39, 0.29) is 27.1 Å². The molecule has 0 unspecified atom stereocenters. The molecule has 0 saturated heterocycles. The highest BCUT2D eigenvalue weighted by Crippen LogP contribution is 2.59. The van der Waals surface area contributed by atoms with Gasteiger partial charge in [0.25, 0.3) is 0 Å². The molecule has 0 aromatic heterocycles. The number of fused-ring (bicyclic) bond motifs is 21. The summed E-state index contributed by atoms with van der Waals surface area (Å²) in [5.41, 5.74) is 48.6. The first kappa shape index (κ1) is 91.5. The molecule has 0 saturated carbocycles. The highest BCUT2D eigenvalue weighted by atomic mass is 14.4. The smallest absolute Gasteiger partial charge is 0.0159 e. The summed E-state index contributed by atoms with van der Waals surface area (Å²) in [5, 5.41) is 23.0. The molecule has 0 nitrogen and oxygen atoms in total. The molecular weight excluding hydrogens is 1800 g/mol. The van der Waals surface area contributed by atoms with Crippen molar-refractivity contribution < 1.29 is 0 Å². The molecule has 0 heterocycles. The molecule has 0 N–H and O–H groups in total. The van der Waals surface area contributed by atoms with Crippen molar-refractivity contribution in [1.29, 1.82) is 0 Å². The molecule has 0 aliphatic heterocycles. The summed E-state index contributed by atoms with van der Waals surface area (Å²) in [7, 11) is 0. The summed E-state index contributed by atoms with van der Waals surface area (Å²) in [5.74, 6) is 0. The molecule has 25 aromatic rings. The summed E-state index contributed by atoms with van der Waals surface area (Å²) in [6.45, 7) is 30.3. The molecule has 0 radical (unpaired) electrons. The highest BCUT2D eigenvalue weighted by Gasteiger charge is 2.41. The maximum Gasteiger partial charge on any atom is 0.0159 e. The SMILES string of the molecule is CC(C)(C)c1ccc(-c2c3ccccc3c(-c3ccc4c(c3)C(C)(C)c3ccccc3-4)c3cc(-c4ccc5ccccc5c4)ccc23)cc1.CC1(C)c2ccccc2-c2ccc(-c3c4ccccc4c(-c4ccc5c(c4)C(C)(C)c4ccccc4-5)c4cc(-c5ccc6ccccc6c5)ccc34)cc21.Cc1cc(C)cc(-c2c3ccccc3c(-c3ccc4c(c3)C(C)(C)c3ccccc3-4)c3cc(-c4ccc5ccccc5c4)ccc23)c1. The van der Waals surface area contributed by atoms with Crippen LogP contribution >= 0.6 is 0 Å². The summed E-state index contributed by atoms with van der Waals surface area (Å²) in [4.78, 5) is 0. The summed E-state index contributed by atoms with van der Waals surface area (Å²) < 4.78 is 0. The lowest BCUT2D eigenvalue weighted by Gasteiger charge is -2.24. The third-order valence-corrected chi connectivity index (χ3v) is 34.4. The number of hydrogen-bond acceptors (Lipinski definition) is 0. The minimum Gasteiger partial charge on any atom is -0.0619 e. The van der Waals surface area contributed by atoms with Gasteiger partial charge in [0.2, 0.25) is 0 Å². The van der Waals surface area contributed by atoms with Crippen LogP contribution in [-0.4, -0.2) is 0 Å². The van der Waals surface area contributed by atoms with Gasteiger partial charge in [0.15, 0.2) is 0 Å². The van der Waals surface area contributed by atoms with E-state index in [9.17, 15) is 0 Å². The molecule has 4 aliphatic carbocycles. The first-order valence-electron chi connectivity index (χ1n) is 53.5. The number of hydrogen-bond donors (Lipinski definition) is 0. The van der Waals surface area contributed by atoms with Crippen LogP contribution in [0.1, 0.15) is 137 Å². The highest BCUT2D eigenvalue weighted by molar-refractivity contribution is 6.26. The molecular formula is C150H116. The Labute approximate surface area is 880 Å². The van der Waals surface area contributed by atoms with Crippen LogP contribution < -0.4 is 0 Å². The quantitative estimate of drug-likeness (QED) is 0.126. The van der Waals surface area contributed by atoms with Gasteiger partial charge >= 0.3 is 0 Å². The fraction of sp³-hybridized carbons (Fsp3) is 0.120. The molecule has 0 bridgehead atoms. The summed E-state index contributed by atoms with van der Waals surface area (Å²) in [6.07, 6.45) is 0. The van der Waals surface area contributed by atoms with Crippen LogP contribution in [-0.2, 0) is 27.1 Å². The normalized spacial score (nSPS) is 13.8. The van der Waals surface area contributed by atoms with Crippen LogP contribution in [0, 0.1) is 13.8 Å². The van der Waals surface area contributed by atoms with Crippen LogP contribution in [0.15, 0.2) is 467 Å². The van der Waals surface area contributed by atoms with Gasteiger partial charge in [-0.3, -0.25) is 0 Å². The summed E-state index contributed by atoms with van der Waals surface area (Å²) in [6, 6.07) is 176. The Morgan fingerprint density at radius 3 is 0.633 bits per heavy atom. The lowest BCUT2D eigenvalue weighted by molar-refractivity contribution is 0.590. The first-order chi connectivity index (χ1) is 72.8. The van der Waals surface area contributed by atoms with E-state index in [1.807, 2.05) is 0 Å². The van der Waals surface area contributed by atoms with E-state index < -0.39 is 0 Å². The second-order valence-electron chi connectivity index (χ2n) is 45.8. The van der Waals surface area contributed by atoms with Gasteiger partial charge in [-0.1, -0.05) is 494 Å². The largest absolute Gasteiger partial charge is 0.0619 e. The van der Waals surface area contributed by atoms with Crippen molar-refractivity contribution in [3.63, 3.8) is 0 Å². The maximum absolute atomic E-state index is 2.49. The zero-order chi connectivity index (χ0) is 102. The van der Waals surface area contributed by atoms with Crippen LogP contribution in [0.4, 0.5) is 0 Å². The maximum atomic E-state index is 2.49. The molecule has 29 rings (SSSR count). The number of aryl methyl sites for hydroxylation is 2. The molecule has 0 heteroatoms. The average Bonchev–Trinajstić information content (AvgIpc) is 1.09. The molecule has 150 heavy (non-hydrogen) atoms. The van der Waals surface area contributed by atoms with Crippen molar-refractivity contribution in [2.45, 2.75) is 117 Å². The standard InChI is InChI=1S/C54H40.C49H40.C47H36/c1-53(2)47-19-11-9-15-39(47)41-26-24-37(31-49(41)53)51-43-17-7-8-18-44(43)52(38-25-27-42-40-16-10-12-20-48(40)54(3,4)50(42)32-38)46-30-36(23-28-45(46)51)35-22-21-33-13-5-6-14-34(33)29-35;1-48(2,3)37-24-20-32(21-25-37)46-40-15-8-9-16-41(40)47(36-23-26-39-38-14-10-11-17-44(38)49(4,5)45(39)30-36)43-29-35(22-27-42(43)46)34-19-18-31-12-6-7-13-33(31)28-34;1-29-23-30(2)25-36(24-29)46-40-15-8-7-14-39(40)45(35-20-21-38-37-13-9-10-16-43(37)47(3,4)44(38)28-35)42-27-34(19-22-41(42)46)33-18-17-31-11-5-6-12-32(31)26-33/h5-32H,1-4H3;6-30H,1-5H3;5-28H,1-4H3. The third kappa shape index (κ3) is 14.7. The number of benzene rings is 25. The van der Waals surface area contributed by atoms with Crippen LogP contribution in [0.3, 0.4) is 0 Å². The molecule has 0 spiro atoms. The minimum atomic E-state index is -0.0848. The molecule has 716 valence electrons. The molecule has 25 aromatic carbocycles. The van der Waals surface area contributed by atoms with Gasteiger partial charge in [-0.2, -0.15) is 0 Å². The predicted octanol–water partition coefficient (Wildman–Crippen LogP) is 41.6. The van der Waals surface area contributed by atoms with Crippen molar-refractivity contribution in [2.75, 3.05) is 0 Å². The van der Waals surface area contributed by atoms with E-state index in [4.69, 9.17) is 0 Å². The van der Waals surface area contributed by atoms with E-state index in [1.165, 1.54) is 303 Å². The Bertz CT molecular complexity index is 9980. The summed E-state index contributed by atoms with van der Waals surface area (Å²) >= 11 is 0. The van der Waals surface area contributed by atoms with Crippen molar-refractivity contribution in [3.8, 4) is 145 Å². The monoisotopic (exact) mass is 1920 g/mol.